The zero-order chi connectivity index (χ0) is 16.5. The molecule has 23 heavy (non-hydrogen) atoms. The summed E-state index contributed by atoms with van der Waals surface area (Å²) in [6, 6.07) is 13.4. The summed E-state index contributed by atoms with van der Waals surface area (Å²) in [7, 11) is 0. The maximum absolute atomic E-state index is 5.81. The van der Waals surface area contributed by atoms with Crippen LogP contribution < -0.4 is 20.1 Å². The van der Waals surface area contributed by atoms with Gasteiger partial charge in [0.1, 0.15) is 12.4 Å². The molecule has 0 aliphatic carbocycles. The van der Waals surface area contributed by atoms with E-state index in [2.05, 4.69) is 5.10 Å². The lowest BCUT2D eigenvalue weighted by atomic mass is 10.2. The molecule has 2 aromatic rings. The van der Waals surface area contributed by atoms with E-state index in [0.29, 0.717) is 19.8 Å². The smallest absolute Gasteiger partial charge is 0.161 e. The topological polar surface area (TPSA) is 66.1 Å². The van der Waals surface area contributed by atoms with Crippen LogP contribution >= 0.6 is 0 Å². The summed E-state index contributed by atoms with van der Waals surface area (Å²) in [6.45, 7) is 5.53. The molecule has 0 aromatic heterocycles. The first-order chi connectivity index (χ1) is 11.3. The van der Waals surface area contributed by atoms with Crippen LogP contribution in [0, 0.1) is 0 Å². The highest BCUT2D eigenvalue weighted by Crippen LogP contribution is 2.29. The summed E-state index contributed by atoms with van der Waals surface area (Å²) >= 11 is 0. The van der Waals surface area contributed by atoms with Crippen molar-refractivity contribution < 1.29 is 14.2 Å². The Kier molecular flexibility index (Phi) is 6.29. The molecule has 2 aromatic carbocycles. The maximum atomic E-state index is 5.81. The monoisotopic (exact) mass is 314 g/mol. The molecule has 0 atom stereocenters. The lowest BCUT2D eigenvalue weighted by molar-refractivity contribution is 0.283. The summed E-state index contributed by atoms with van der Waals surface area (Å²) in [5.74, 6) is 7.41. The summed E-state index contributed by atoms with van der Waals surface area (Å²) in [5.41, 5.74) is 1.90. The largest absolute Gasteiger partial charge is 0.490 e. The van der Waals surface area contributed by atoms with Gasteiger partial charge in [0.25, 0.3) is 0 Å². The highest BCUT2D eigenvalue weighted by atomic mass is 16.5. The Morgan fingerprint density at radius 1 is 0.957 bits per heavy atom. The van der Waals surface area contributed by atoms with Crippen LogP contribution in [0.4, 0.5) is 0 Å². The number of ether oxygens (including phenoxy) is 3. The minimum atomic E-state index is 0.440. The molecule has 2 rings (SSSR count). The average molecular weight is 314 g/mol. The van der Waals surface area contributed by atoms with Gasteiger partial charge in [-0.25, -0.2) is 0 Å². The molecular formula is C18H22N2O3. The standard InChI is InChI=1S/C18H22N2O3/c1-3-21-17-9-8-15(11-18(17)22-4-2)13-23-16-7-5-6-14(10-16)12-20-19/h5-12H,3-4,13,19H2,1-2H3. The molecule has 5 nitrogen and oxygen atoms in total. The number of hydrogen-bond donors (Lipinski definition) is 1. The van der Waals surface area contributed by atoms with Crippen molar-refractivity contribution in [2.24, 2.45) is 10.9 Å². The summed E-state index contributed by atoms with van der Waals surface area (Å²) in [4.78, 5) is 0. The van der Waals surface area contributed by atoms with Crippen LogP contribution in [0.2, 0.25) is 0 Å². The Morgan fingerprint density at radius 3 is 2.48 bits per heavy atom. The fraction of sp³-hybridized carbons (Fsp3) is 0.278. The normalized spacial score (nSPS) is 10.7. The number of nitrogens with zero attached hydrogens (tertiary/aromatic N) is 1. The van der Waals surface area contributed by atoms with E-state index in [1.807, 2.05) is 56.3 Å². The summed E-state index contributed by atoms with van der Waals surface area (Å²) in [6.07, 6.45) is 1.58. The Hall–Kier alpha value is -2.69. The molecule has 0 fully saturated rings. The summed E-state index contributed by atoms with van der Waals surface area (Å²) in [5, 5.41) is 3.51. The highest BCUT2D eigenvalue weighted by molar-refractivity contribution is 5.79. The van der Waals surface area contributed by atoms with Gasteiger partial charge in [-0.15, -0.1) is 0 Å². The number of hydrogen-bond acceptors (Lipinski definition) is 5. The van der Waals surface area contributed by atoms with Crippen molar-refractivity contribution in [2.45, 2.75) is 20.5 Å². The molecule has 5 heteroatoms. The van der Waals surface area contributed by atoms with Gasteiger partial charge < -0.3 is 20.1 Å². The van der Waals surface area contributed by atoms with Crippen molar-refractivity contribution in [3.63, 3.8) is 0 Å². The fourth-order valence-electron chi connectivity index (χ4n) is 2.12. The van der Waals surface area contributed by atoms with Gasteiger partial charge in [-0.3, -0.25) is 0 Å². The minimum Gasteiger partial charge on any atom is -0.490 e. The van der Waals surface area contributed by atoms with E-state index in [-0.39, 0.29) is 0 Å². The second kappa shape index (κ2) is 8.68. The molecule has 0 bridgehead atoms. The van der Waals surface area contributed by atoms with E-state index >= 15 is 0 Å². The van der Waals surface area contributed by atoms with Crippen LogP contribution in [0.1, 0.15) is 25.0 Å². The molecule has 0 radical (unpaired) electrons. The SMILES string of the molecule is CCOc1ccc(COc2cccc(C=NN)c2)cc1OCC. The van der Waals surface area contributed by atoms with Crippen LogP contribution in [0.5, 0.6) is 17.2 Å². The zero-order valence-corrected chi connectivity index (χ0v) is 13.5. The highest BCUT2D eigenvalue weighted by Gasteiger charge is 2.07. The Balaban J connectivity index is 2.08. The van der Waals surface area contributed by atoms with Gasteiger partial charge in [0.05, 0.1) is 19.4 Å². The zero-order valence-electron chi connectivity index (χ0n) is 13.5. The molecule has 0 amide bonds. The van der Waals surface area contributed by atoms with Crippen molar-refractivity contribution in [1.29, 1.82) is 0 Å². The van der Waals surface area contributed by atoms with Crippen molar-refractivity contribution in [2.75, 3.05) is 13.2 Å². The third-order valence-corrected chi connectivity index (χ3v) is 3.10. The summed E-state index contributed by atoms with van der Waals surface area (Å²) < 4.78 is 17.0. The van der Waals surface area contributed by atoms with Crippen LogP contribution in [0.3, 0.4) is 0 Å². The molecule has 122 valence electrons. The lowest BCUT2D eigenvalue weighted by Crippen LogP contribution is -2.01. The second-order valence-electron chi connectivity index (χ2n) is 4.79. The van der Waals surface area contributed by atoms with Gasteiger partial charge in [-0.2, -0.15) is 5.10 Å². The van der Waals surface area contributed by atoms with E-state index in [1.54, 1.807) is 6.21 Å². The lowest BCUT2D eigenvalue weighted by Gasteiger charge is -2.13. The number of benzene rings is 2. The number of hydrazone groups is 1. The first-order valence-electron chi connectivity index (χ1n) is 7.61. The third kappa shape index (κ3) is 4.92. The molecule has 0 heterocycles. The van der Waals surface area contributed by atoms with Crippen molar-refractivity contribution in [1.82, 2.24) is 0 Å². The van der Waals surface area contributed by atoms with E-state index in [9.17, 15) is 0 Å². The quantitative estimate of drug-likeness (QED) is 0.461. The third-order valence-electron chi connectivity index (χ3n) is 3.10. The first-order valence-corrected chi connectivity index (χ1v) is 7.61. The van der Waals surface area contributed by atoms with Crippen LogP contribution in [-0.2, 0) is 6.61 Å². The molecule has 0 aliphatic heterocycles. The van der Waals surface area contributed by atoms with Crippen LogP contribution in [-0.4, -0.2) is 19.4 Å². The van der Waals surface area contributed by atoms with Gasteiger partial charge in [0.2, 0.25) is 0 Å². The van der Waals surface area contributed by atoms with E-state index in [1.165, 1.54) is 0 Å². The Bertz CT molecular complexity index is 656. The molecule has 0 unspecified atom stereocenters. The fourth-order valence-corrected chi connectivity index (χ4v) is 2.12. The molecule has 0 saturated heterocycles. The average Bonchev–Trinajstić information content (AvgIpc) is 2.56. The predicted molar refractivity (Wildman–Crippen MR) is 91.3 cm³/mol. The van der Waals surface area contributed by atoms with Gasteiger partial charge in [-0.05, 0) is 49.2 Å². The van der Waals surface area contributed by atoms with Crippen molar-refractivity contribution >= 4 is 6.21 Å². The van der Waals surface area contributed by atoms with Gasteiger partial charge >= 0.3 is 0 Å². The first kappa shape index (κ1) is 16.7. The molecule has 0 aliphatic rings. The number of rotatable bonds is 8. The Labute approximate surface area is 136 Å². The van der Waals surface area contributed by atoms with E-state index < -0.39 is 0 Å². The van der Waals surface area contributed by atoms with Gasteiger partial charge in [-0.1, -0.05) is 18.2 Å². The van der Waals surface area contributed by atoms with Crippen molar-refractivity contribution in [3.8, 4) is 17.2 Å². The Morgan fingerprint density at radius 2 is 1.74 bits per heavy atom. The van der Waals surface area contributed by atoms with E-state index in [0.717, 1.165) is 28.4 Å². The van der Waals surface area contributed by atoms with Crippen LogP contribution in [0.25, 0.3) is 0 Å². The molecule has 0 spiro atoms. The molecule has 0 saturated carbocycles. The number of nitrogens with two attached hydrogens (primary N) is 1. The van der Waals surface area contributed by atoms with Gasteiger partial charge in [0.15, 0.2) is 11.5 Å². The molecular weight excluding hydrogens is 292 g/mol. The maximum Gasteiger partial charge on any atom is 0.161 e. The van der Waals surface area contributed by atoms with Crippen molar-refractivity contribution in [3.05, 3.63) is 53.6 Å². The molecule has 2 N–H and O–H groups in total. The predicted octanol–water partition coefficient (Wildman–Crippen LogP) is 3.36. The second-order valence-corrected chi connectivity index (χ2v) is 4.79. The van der Waals surface area contributed by atoms with E-state index in [4.69, 9.17) is 20.1 Å². The van der Waals surface area contributed by atoms with Gasteiger partial charge in [0, 0.05) is 0 Å². The van der Waals surface area contributed by atoms with Crippen LogP contribution in [0.15, 0.2) is 47.6 Å². The minimum absolute atomic E-state index is 0.440.